The molecule has 1 N–H and O–H groups in total. The molecule has 0 aliphatic rings. The largest absolute Gasteiger partial charge is 0.493 e. The van der Waals surface area contributed by atoms with Crippen molar-refractivity contribution in [3.63, 3.8) is 0 Å². The number of thiazole rings is 1. The molecular formula is C24H24N4O3S. The number of ether oxygens (including phenoxy) is 1. The molecule has 0 radical (unpaired) electrons. The minimum atomic E-state index is -0.286. The second-order valence-corrected chi connectivity index (χ2v) is 8.09. The normalized spacial score (nSPS) is 10.8. The third-order valence-electron chi connectivity index (χ3n) is 5.13. The Bertz CT molecular complexity index is 1300. The quantitative estimate of drug-likeness (QED) is 0.460. The number of rotatable bonds is 7. The van der Waals surface area contributed by atoms with E-state index in [4.69, 9.17) is 4.74 Å². The summed E-state index contributed by atoms with van der Waals surface area (Å²) >= 11 is 1.46. The van der Waals surface area contributed by atoms with Gasteiger partial charge in [-0.15, -0.1) is 11.3 Å². The van der Waals surface area contributed by atoms with Gasteiger partial charge in [0.2, 0.25) is 5.91 Å². The van der Waals surface area contributed by atoms with Gasteiger partial charge in [0.1, 0.15) is 16.4 Å². The fourth-order valence-electron chi connectivity index (χ4n) is 3.50. The molecule has 8 heteroatoms. The van der Waals surface area contributed by atoms with E-state index < -0.39 is 0 Å². The van der Waals surface area contributed by atoms with Crippen molar-refractivity contribution in [2.75, 3.05) is 11.9 Å². The maximum atomic E-state index is 13.0. The molecule has 2 aromatic carbocycles. The highest BCUT2D eigenvalue weighted by atomic mass is 32.1. The highest BCUT2D eigenvalue weighted by Gasteiger charge is 2.19. The zero-order valence-corrected chi connectivity index (χ0v) is 19.0. The van der Waals surface area contributed by atoms with Crippen LogP contribution >= 0.6 is 11.3 Å². The van der Waals surface area contributed by atoms with Gasteiger partial charge in [0.25, 0.3) is 5.56 Å². The molecule has 0 fully saturated rings. The highest BCUT2D eigenvalue weighted by Crippen LogP contribution is 2.32. The van der Waals surface area contributed by atoms with E-state index in [9.17, 15) is 9.59 Å². The molecule has 4 rings (SSSR count). The molecule has 0 aliphatic carbocycles. The maximum absolute atomic E-state index is 13.0. The molecule has 2 aromatic heterocycles. The van der Waals surface area contributed by atoms with Crippen LogP contribution in [-0.4, -0.2) is 26.9 Å². The highest BCUT2D eigenvalue weighted by molar-refractivity contribution is 7.13. The van der Waals surface area contributed by atoms with Gasteiger partial charge in [-0.05, 0) is 38.1 Å². The lowest BCUT2D eigenvalue weighted by molar-refractivity contribution is -0.115. The summed E-state index contributed by atoms with van der Waals surface area (Å²) in [5.41, 5.74) is 2.96. The number of benzene rings is 2. The Kier molecular flexibility index (Phi) is 6.23. The number of aromatic nitrogens is 3. The molecule has 0 spiro atoms. The Morgan fingerprint density at radius 1 is 1.12 bits per heavy atom. The van der Waals surface area contributed by atoms with Crippen LogP contribution in [0.15, 0.2) is 64.8 Å². The zero-order valence-electron chi connectivity index (χ0n) is 18.2. The van der Waals surface area contributed by atoms with E-state index in [1.165, 1.54) is 16.0 Å². The Morgan fingerprint density at radius 3 is 2.59 bits per heavy atom. The van der Waals surface area contributed by atoms with E-state index in [0.29, 0.717) is 18.0 Å². The summed E-state index contributed by atoms with van der Waals surface area (Å²) in [7, 11) is 1.79. The minimum absolute atomic E-state index is 0.0758. The average molecular weight is 449 g/mol. The van der Waals surface area contributed by atoms with Crippen molar-refractivity contribution in [2.24, 2.45) is 7.05 Å². The average Bonchev–Trinajstić information content (AvgIpc) is 3.33. The molecule has 0 aliphatic heterocycles. The van der Waals surface area contributed by atoms with Crippen LogP contribution in [0.3, 0.4) is 0 Å². The second kappa shape index (κ2) is 9.23. The number of nitrogens with zero attached hydrogens (tertiary/aromatic N) is 3. The summed E-state index contributed by atoms with van der Waals surface area (Å²) in [6.45, 7) is 4.31. The molecular weight excluding hydrogens is 424 g/mol. The van der Waals surface area contributed by atoms with E-state index in [1.54, 1.807) is 11.7 Å². The van der Waals surface area contributed by atoms with Crippen molar-refractivity contribution in [1.82, 2.24) is 14.3 Å². The number of carbonyl (C=O) groups is 1. The Balaban J connectivity index is 1.53. The number of hydrogen-bond acceptors (Lipinski definition) is 5. The summed E-state index contributed by atoms with van der Waals surface area (Å²) in [5, 5.41) is 5.44. The summed E-state index contributed by atoms with van der Waals surface area (Å²) in [4.78, 5) is 30.3. The van der Waals surface area contributed by atoms with E-state index in [2.05, 4.69) is 10.3 Å². The van der Waals surface area contributed by atoms with Gasteiger partial charge in [-0.2, -0.15) is 0 Å². The van der Waals surface area contributed by atoms with Crippen molar-refractivity contribution in [1.29, 1.82) is 0 Å². The molecule has 2 heterocycles. The SMILES string of the molecule is CCOc1ccccc1-c1nc(CC(=O)Nc2c(C)n(C)n(-c3ccccc3)c2=O)cs1. The summed E-state index contributed by atoms with van der Waals surface area (Å²) in [6, 6.07) is 17.0. The molecule has 0 saturated carbocycles. The summed E-state index contributed by atoms with van der Waals surface area (Å²) in [5.74, 6) is 0.479. The van der Waals surface area contributed by atoms with Gasteiger partial charge >= 0.3 is 0 Å². The van der Waals surface area contributed by atoms with Gasteiger partial charge < -0.3 is 10.1 Å². The number of carbonyl (C=O) groups excluding carboxylic acids is 1. The van der Waals surface area contributed by atoms with Crippen LogP contribution in [0.5, 0.6) is 5.75 Å². The van der Waals surface area contributed by atoms with Gasteiger partial charge in [-0.3, -0.25) is 14.3 Å². The van der Waals surface area contributed by atoms with Crippen LogP contribution in [-0.2, 0) is 18.3 Å². The van der Waals surface area contributed by atoms with Crippen LogP contribution in [0, 0.1) is 6.92 Å². The monoisotopic (exact) mass is 448 g/mol. The molecule has 7 nitrogen and oxygen atoms in total. The molecule has 0 saturated heterocycles. The Labute approximate surface area is 189 Å². The lowest BCUT2D eigenvalue weighted by atomic mass is 10.2. The second-order valence-electron chi connectivity index (χ2n) is 7.23. The van der Waals surface area contributed by atoms with Crippen molar-refractivity contribution < 1.29 is 9.53 Å². The van der Waals surface area contributed by atoms with Gasteiger partial charge in [0.15, 0.2) is 0 Å². The minimum Gasteiger partial charge on any atom is -0.493 e. The number of anilines is 1. The van der Waals surface area contributed by atoms with Crippen LogP contribution < -0.4 is 15.6 Å². The van der Waals surface area contributed by atoms with E-state index in [-0.39, 0.29) is 23.6 Å². The van der Waals surface area contributed by atoms with Crippen molar-refractivity contribution in [2.45, 2.75) is 20.3 Å². The van der Waals surface area contributed by atoms with Gasteiger partial charge in [0, 0.05) is 12.4 Å². The van der Waals surface area contributed by atoms with Crippen molar-refractivity contribution >= 4 is 22.9 Å². The van der Waals surface area contributed by atoms with Crippen molar-refractivity contribution in [3.8, 4) is 22.0 Å². The summed E-state index contributed by atoms with van der Waals surface area (Å²) in [6.07, 6.45) is 0.0758. The fourth-order valence-corrected chi connectivity index (χ4v) is 4.35. The van der Waals surface area contributed by atoms with Crippen LogP contribution in [0.2, 0.25) is 0 Å². The molecule has 0 atom stereocenters. The van der Waals surface area contributed by atoms with E-state index in [1.807, 2.05) is 73.8 Å². The first-order chi connectivity index (χ1) is 15.5. The van der Waals surface area contributed by atoms with Crippen LogP contribution in [0.4, 0.5) is 5.69 Å². The number of para-hydroxylation sites is 2. The van der Waals surface area contributed by atoms with Gasteiger partial charge in [-0.25, -0.2) is 9.67 Å². The maximum Gasteiger partial charge on any atom is 0.295 e. The first-order valence-electron chi connectivity index (χ1n) is 10.3. The molecule has 164 valence electrons. The van der Waals surface area contributed by atoms with Crippen LogP contribution in [0.1, 0.15) is 18.3 Å². The third-order valence-corrected chi connectivity index (χ3v) is 6.05. The lowest BCUT2D eigenvalue weighted by Crippen LogP contribution is -2.23. The van der Waals surface area contributed by atoms with Crippen molar-refractivity contribution in [3.05, 3.63) is 81.7 Å². The first kappa shape index (κ1) is 21.6. The predicted octanol–water partition coefficient (Wildman–Crippen LogP) is 4.19. The first-order valence-corrected chi connectivity index (χ1v) is 11.2. The molecule has 0 unspecified atom stereocenters. The standard InChI is InChI=1S/C24H24N4O3S/c1-4-31-20-13-9-8-12-19(20)23-25-17(15-32-23)14-21(29)26-22-16(2)27(3)28(24(22)30)18-10-6-5-7-11-18/h5-13,15H,4,14H2,1-3H3,(H,26,29). The third kappa shape index (κ3) is 4.22. The fraction of sp³-hybridized carbons (Fsp3) is 0.208. The molecule has 0 bridgehead atoms. The Morgan fingerprint density at radius 2 is 1.84 bits per heavy atom. The topological polar surface area (TPSA) is 78.2 Å². The smallest absolute Gasteiger partial charge is 0.295 e. The zero-order chi connectivity index (χ0) is 22.7. The number of amides is 1. The number of hydrogen-bond donors (Lipinski definition) is 1. The van der Waals surface area contributed by atoms with E-state index in [0.717, 1.165) is 22.0 Å². The number of nitrogens with one attached hydrogen (secondary N) is 1. The summed E-state index contributed by atoms with van der Waals surface area (Å²) < 4.78 is 8.96. The molecule has 32 heavy (non-hydrogen) atoms. The van der Waals surface area contributed by atoms with Gasteiger partial charge in [-0.1, -0.05) is 30.3 Å². The molecule has 4 aromatic rings. The Hall–Kier alpha value is -3.65. The van der Waals surface area contributed by atoms with Crippen LogP contribution in [0.25, 0.3) is 16.3 Å². The predicted molar refractivity (Wildman–Crippen MR) is 127 cm³/mol. The lowest BCUT2D eigenvalue weighted by Gasteiger charge is -2.07. The van der Waals surface area contributed by atoms with E-state index >= 15 is 0 Å². The molecule has 1 amide bonds. The van der Waals surface area contributed by atoms with Gasteiger partial charge in [0.05, 0.1) is 35.7 Å².